The number of hydrogen-bond acceptors (Lipinski definition) is 4. The monoisotopic (exact) mass is 623 g/mol. The van der Waals surface area contributed by atoms with Crippen molar-refractivity contribution in [1.82, 2.24) is 10.2 Å². The summed E-state index contributed by atoms with van der Waals surface area (Å²) in [4.78, 5) is 29.2. The highest BCUT2D eigenvalue weighted by Crippen LogP contribution is 2.27. The van der Waals surface area contributed by atoms with E-state index in [2.05, 4.69) is 5.32 Å². The standard InChI is InChI=1S/C32H31Cl2N3O4S/c1-2-35-32(39)30(20-24-12-6-3-7-13-24)36(22-25-18-19-26(33)21-29(25)34)31(38)23-37(27-14-8-4-9-15-27)42(40,41)28-16-10-5-11-17-28/h3-19,21,30H,2,20,22-23H2,1H3,(H,35,39)/t30-/m0/s1. The Morgan fingerprint density at radius 3 is 2.02 bits per heavy atom. The lowest BCUT2D eigenvalue weighted by atomic mass is 10.0. The van der Waals surface area contributed by atoms with Gasteiger partial charge in [0, 0.05) is 29.6 Å². The number of anilines is 1. The van der Waals surface area contributed by atoms with Crippen LogP contribution in [0.1, 0.15) is 18.1 Å². The van der Waals surface area contributed by atoms with Crippen molar-refractivity contribution < 1.29 is 18.0 Å². The molecule has 1 N–H and O–H groups in total. The molecule has 0 saturated heterocycles. The molecular weight excluding hydrogens is 593 g/mol. The lowest BCUT2D eigenvalue weighted by Crippen LogP contribution is -2.53. The van der Waals surface area contributed by atoms with Gasteiger partial charge in [0.1, 0.15) is 12.6 Å². The fourth-order valence-electron chi connectivity index (χ4n) is 4.52. The summed E-state index contributed by atoms with van der Waals surface area (Å²) >= 11 is 12.6. The van der Waals surface area contributed by atoms with E-state index in [-0.39, 0.29) is 23.8 Å². The minimum Gasteiger partial charge on any atom is -0.355 e. The molecule has 42 heavy (non-hydrogen) atoms. The number of nitrogens with one attached hydrogen (secondary N) is 1. The molecule has 7 nitrogen and oxygen atoms in total. The largest absolute Gasteiger partial charge is 0.355 e. The van der Waals surface area contributed by atoms with Gasteiger partial charge in [-0.25, -0.2) is 8.42 Å². The van der Waals surface area contributed by atoms with Crippen LogP contribution in [0.3, 0.4) is 0 Å². The summed E-state index contributed by atoms with van der Waals surface area (Å²) < 4.78 is 28.8. The minimum absolute atomic E-state index is 0.0403. The highest BCUT2D eigenvalue weighted by molar-refractivity contribution is 7.92. The number of hydrogen-bond donors (Lipinski definition) is 1. The van der Waals surface area contributed by atoms with Crippen LogP contribution >= 0.6 is 23.2 Å². The van der Waals surface area contributed by atoms with Crippen LogP contribution in [-0.4, -0.2) is 44.3 Å². The van der Waals surface area contributed by atoms with Crippen molar-refractivity contribution in [3.63, 3.8) is 0 Å². The number of likely N-dealkylation sites (N-methyl/N-ethyl adjacent to an activating group) is 1. The zero-order valence-corrected chi connectivity index (χ0v) is 25.3. The molecule has 1 atom stereocenters. The van der Waals surface area contributed by atoms with Gasteiger partial charge in [-0.1, -0.05) is 96.0 Å². The van der Waals surface area contributed by atoms with Gasteiger partial charge >= 0.3 is 0 Å². The molecule has 0 unspecified atom stereocenters. The van der Waals surface area contributed by atoms with Crippen molar-refractivity contribution in [2.75, 3.05) is 17.4 Å². The van der Waals surface area contributed by atoms with E-state index in [1.165, 1.54) is 17.0 Å². The van der Waals surface area contributed by atoms with Gasteiger partial charge in [-0.15, -0.1) is 0 Å². The van der Waals surface area contributed by atoms with E-state index in [0.29, 0.717) is 27.8 Å². The molecule has 0 aliphatic heterocycles. The molecule has 10 heteroatoms. The summed E-state index contributed by atoms with van der Waals surface area (Å²) in [6, 6.07) is 29.6. The number of amides is 2. The van der Waals surface area contributed by atoms with Gasteiger partial charge in [0.15, 0.2) is 0 Å². The Bertz CT molecular complexity index is 1610. The molecule has 4 aromatic carbocycles. The number of halogens is 2. The third kappa shape index (κ3) is 7.70. The van der Waals surface area contributed by atoms with Gasteiger partial charge in [0.2, 0.25) is 11.8 Å². The first-order valence-corrected chi connectivity index (χ1v) is 15.6. The molecule has 218 valence electrons. The predicted octanol–water partition coefficient (Wildman–Crippen LogP) is 5.96. The molecule has 2 amide bonds. The topological polar surface area (TPSA) is 86.8 Å². The SMILES string of the molecule is CCNC(=O)[C@H](Cc1ccccc1)N(Cc1ccc(Cl)cc1Cl)C(=O)CN(c1ccccc1)S(=O)(=O)c1ccccc1. The Labute approximate surface area is 256 Å². The molecule has 0 radical (unpaired) electrons. The van der Waals surface area contributed by atoms with Crippen molar-refractivity contribution in [3.8, 4) is 0 Å². The van der Waals surface area contributed by atoms with E-state index >= 15 is 0 Å². The lowest BCUT2D eigenvalue weighted by Gasteiger charge is -2.34. The molecule has 4 rings (SSSR count). The Morgan fingerprint density at radius 2 is 1.43 bits per heavy atom. The smallest absolute Gasteiger partial charge is 0.264 e. The molecule has 0 heterocycles. The maximum absolute atomic E-state index is 14.3. The van der Waals surface area contributed by atoms with Gasteiger partial charge in [0.05, 0.1) is 10.6 Å². The van der Waals surface area contributed by atoms with E-state index in [1.807, 2.05) is 30.3 Å². The normalized spacial score (nSPS) is 11.9. The second-order valence-corrected chi connectivity index (χ2v) is 12.2. The number of benzene rings is 4. The summed E-state index contributed by atoms with van der Waals surface area (Å²) in [5.74, 6) is -0.937. The number of carbonyl (C=O) groups excluding carboxylic acids is 2. The van der Waals surface area contributed by atoms with Gasteiger partial charge in [-0.05, 0) is 54.4 Å². The second-order valence-electron chi connectivity index (χ2n) is 9.52. The summed E-state index contributed by atoms with van der Waals surface area (Å²) in [6.07, 6.45) is 0.209. The van der Waals surface area contributed by atoms with E-state index in [1.54, 1.807) is 73.7 Å². The number of sulfonamides is 1. The van der Waals surface area contributed by atoms with Crippen LogP contribution in [-0.2, 0) is 32.6 Å². The zero-order chi connectivity index (χ0) is 30.1. The maximum atomic E-state index is 14.3. The first-order valence-electron chi connectivity index (χ1n) is 13.4. The summed E-state index contributed by atoms with van der Waals surface area (Å²) in [6.45, 7) is 1.56. The zero-order valence-electron chi connectivity index (χ0n) is 23.0. The molecule has 0 aliphatic rings. The number of para-hydroxylation sites is 1. The number of carbonyl (C=O) groups is 2. The molecule has 0 bridgehead atoms. The fraction of sp³-hybridized carbons (Fsp3) is 0.188. The number of nitrogens with zero attached hydrogens (tertiary/aromatic N) is 2. The molecule has 0 aromatic heterocycles. The predicted molar refractivity (Wildman–Crippen MR) is 167 cm³/mol. The van der Waals surface area contributed by atoms with E-state index in [9.17, 15) is 18.0 Å². The van der Waals surface area contributed by atoms with Crippen molar-refractivity contribution in [2.24, 2.45) is 0 Å². The summed E-state index contributed by atoms with van der Waals surface area (Å²) in [5, 5.41) is 3.58. The van der Waals surface area contributed by atoms with Crippen molar-refractivity contribution >= 4 is 50.7 Å². The molecule has 0 spiro atoms. The third-order valence-corrected chi connectivity index (χ3v) is 9.01. The highest BCUT2D eigenvalue weighted by atomic mass is 35.5. The van der Waals surface area contributed by atoms with Crippen LogP contribution in [0.4, 0.5) is 5.69 Å². The van der Waals surface area contributed by atoms with Crippen LogP contribution in [0.15, 0.2) is 114 Å². The van der Waals surface area contributed by atoms with Gasteiger partial charge < -0.3 is 10.2 Å². The molecule has 0 aliphatic carbocycles. The fourth-order valence-corrected chi connectivity index (χ4v) is 6.43. The molecule has 0 saturated carbocycles. The molecule has 4 aromatic rings. The van der Waals surface area contributed by atoms with Crippen LogP contribution in [0.5, 0.6) is 0 Å². The maximum Gasteiger partial charge on any atom is 0.264 e. The Hall–Kier alpha value is -3.85. The van der Waals surface area contributed by atoms with E-state index in [0.717, 1.165) is 9.87 Å². The van der Waals surface area contributed by atoms with Crippen LogP contribution in [0.25, 0.3) is 0 Å². The third-order valence-electron chi connectivity index (χ3n) is 6.63. The second kappa shape index (κ2) is 14.4. The highest BCUT2D eigenvalue weighted by Gasteiger charge is 2.34. The van der Waals surface area contributed by atoms with Crippen molar-refractivity contribution in [2.45, 2.75) is 30.8 Å². The van der Waals surface area contributed by atoms with Crippen molar-refractivity contribution in [1.29, 1.82) is 0 Å². The van der Waals surface area contributed by atoms with Gasteiger partial charge in [-0.2, -0.15) is 0 Å². The van der Waals surface area contributed by atoms with Crippen LogP contribution < -0.4 is 9.62 Å². The molecular formula is C32H31Cl2N3O4S. The van der Waals surface area contributed by atoms with Gasteiger partial charge in [-0.3, -0.25) is 13.9 Å². The Balaban J connectivity index is 1.79. The minimum atomic E-state index is -4.14. The van der Waals surface area contributed by atoms with E-state index in [4.69, 9.17) is 23.2 Å². The average molecular weight is 625 g/mol. The number of rotatable bonds is 12. The van der Waals surface area contributed by atoms with Crippen LogP contribution in [0.2, 0.25) is 10.0 Å². The Kier molecular flexibility index (Phi) is 10.6. The average Bonchev–Trinajstić information content (AvgIpc) is 3.00. The van der Waals surface area contributed by atoms with Crippen LogP contribution in [0, 0.1) is 0 Å². The van der Waals surface area contributed by atoms with E-state index < -0.39 is 28.5 Å². The Morgan fingerprint density at radius 1 is 0.833 bits per heavy atom. The quantitative estimate of drug-likeness (QED) is 0.211. The lowest BCUT2D eigenvalue weighted by molar-refractivity contribution is -0.140. The first kappa shape index (κ1) is 31.1. The summed E-state index contributed by atoms with van der Waals surface area (Å²) in [5.41, 5.74) is 1.72. The van der Waals surface area contributed by atoms with Crippen molar-refractivity contribution in [3.05, 3.63) is 130 Å². The van der Waals surface area contributed by atoms with Gasteiger partial charge in [0.25, 0.3) is 10.0 Å². The molecule has 0 fully saturated rings. The summed E-state index contributed by atoms with van der Waals surface area (Å²) in [7, 11) is -4.14. The first-order chi connectivity index (χ1) is 20.2.